The highest BCUT2D eigenvalue weighted by atomic mass is 16.5. The molecule has 6 nitrogen and oxygen atoms in total. The highest BCUT2D eigenvalue weighted by Gasteiger charge is 2.16. The van der Waals surface area contributed by atoms with Crippen LogP contribution in [-0.2, 0) is 18.3 Å². The minimum Gasteiger partial charge on any atom is -0.477 e. The van der Waals surface area contributed by atoms with Crippen molar-refractivity contribution in [2.24, 2.45) is 7.05 Å². The lowest BCUT2D eigenvalue weighted by Crippen LogP contribution is -2.36. The molecule has 0 unspecified atom stereocenters. The van der Waals surface area contributed by atoms with Crippen molar-refractivity contribution in [2.45, 2.75) is 6.54 Å². The van der Waals surface area contributed by atoms with Crippen LogP contribution in [0.25, 0.3) is 0 Å². The van der Waals surface area contributed by atoms with Crippen LogP contribution in [0.4, 0.5) is 0 Å². The summed E-state index contributed by atoms with van der Waals surface area (Å²) in [7, 11) is 1.73. The zero-order valence-corrected chi connectivity index (χ0v) is 9.22. The van der Waals surface area contributed by atoms with Crippen LogP contribution in [0.15, 0.2) is 6.20 Å². The van der Waals surface area contributed by atoms with Crippen LogP contribution in [0, 0.1) is 0 Å². The Labute approximate surface area is 93.4 Å². The molecule has 0 spiro atoms. The van der Waals surface area contributed by atoms with Gasteiger partial charge in [-0.3, -0.25) is 4.90 Å². The maximum absolute atomic E-state index is 10.8. The summed E-state index contributed by atoms with van der Waals surface area (Å²) in [4.78, 5) is 17.2. The number of ether oxygens (including phenoxy) is 1. The molecular weight excluding hydrogens is 210 g/mol. The molecule has 2 rings (SSSR count). The number of morpholine rings is 1. The maximum Gasteiger partial charge on any atom is 0.354 e. The summed E-state index contributed by atoms with van der Waals surface area (Å²) >= 11 is 0. The highest BCUT2D eigenvalue weighted by Crippen LogP contribution is 2.08. The molecule has 6 heteroatoms. The lowest BCUT2D eigenvalue weighted by Gasteiger charge is -2.26. The first kappa shape index (κ1) is 11.1. The van der Waals surface area contributed by atoms with Crippen molar-refractivity contribution in [3.05, 3.63) is 17.7 Å². The number of carboxylic acids is 1. The van der Waals surface area contributed by atoms with E-state index in [0.29, 0.717) is 6.54 Å². The molecule has 1 aliphatic rings. The third-order valence-electron chi connectivity index (χ3n) is 2.77. The minimum absolute atomic E-state index is 0.225. The van der Waals surface area contributed by atoms with E-state index in [4.69, 9.17) is 9.84 Å². The molecule has 1 aliphatic heterocycles. The van der Waals surface area contributed by atoms with E-state index in [1.54, 1.807) is 11.6 Å². The van der Waals surface area contributed by atoms with Gasteiger partial charge in [0.1, 0.15) is 11.5 Å². The molecule has 1 aromatic rings. The van der Waals surface area contributed by atoms with Crippen LogP contribution in [0.5, 0.6) is 0 Å². The van der Waals surface area contributed by atoms with Crippen LogP contribution in [0.3, 0.4) is 0 Å². The van der Waals surface area contributed by atoms with Gasteiger partial charge in [-0.25, -0.2) is 9.78 Å². The molecule has 16 heavy (non-hydrogen) atoms. The normalized spacial score (nSPS) is 17.6. The summed E-state index contributed by atoms with van der Waals surface area (Å²) < 4.78 is 6.87. The van der Waals surface area contributed by atoms with Gasteiger partial charge >= 0.3 is 5.97 Å². The maximum atomic E-state index is 10.8. The molecule has 1 saturated heterocycles. The number of hydrogen-bond donors (Lipinski definition) is 1. The minimum atomic E-state index is -0.941. The number of imidazole rings is 1. The van der Waals surface area contributed by atoms with Crippen molar-refractivity contribution in [3.63, 3.8) is 0 Å². The highest BCUT2D eigenvalue weighted by molar-refractivity contribution is 5.85. The van der Waals surface area contributed by atoms with Crippen LogP contribution in [0.2, 0.25) is 0 Å². The van der Waals surface area contributed by atoms with Gasteiger partial charge in [-0.2, -0.15) is 0 Å². The van der Waals surface area contributed by atoms with Gasteiger partial charge in [0.05, 0.1) is 26.0 Å². The standard InChI is InChI=1S/C10H15N3O3/c1-12-8(10(14)15)6-11-9(12)7-13-2-4-16-5-3-13/h6H,2-5,7H2,1H3,(H,14,15). The van der Waals surface area contributed by atoms with E-state index < -0.39 is 5.97 Å². The fraction of sp³-hybridized carbons (Fsp3) is 0.600. The van der Waals surface area contributed by atoms with Crippen molar-refractivity contribution in [1.82, 2.24) is 14.5 Å². The second-order valence-electron chi connectivity index (χ2n) is 3.81. The van der Waals surface area contributed by atoms with Crippen LogP contribution in [0.1, 0.15) is 16.3 Å². The van der Waals surface area contributed by atoms with Crippen molar-refractivity contribution < 1.29 is 14.6 Å². The Morgan fingerprint density at radius 1 is 1.56 bits per heavy atom. The summed E-state index contributed by atoms with van der Waals surface area (Å²) in [5.41, 5.74) is 0.225. The lowest BCUT2D eigenvalue weighted by atomic mass is 10.4. The Bertz CT molecular complexity index is 383. The largest absolute Gasteiger partial charge is 0.477 e. The topological polar surface area (TPSA) is 67.6 Å². The molecule has 88 valence electrons. The van der Waals surface area contributed by atoms with E-state index in [0.717, 1.165) is 32.1 Å². The summed E-state index contributed by atoms with van der Waals surface area (Å²) in [6, 6.07) is 0. The number of carboxylic acid groups (broad SMARTS) is 1. The quantitative estimate of drug-likeness (QED) is 0.781. The Kier molecular flexibility index (Phi) is 3.21. The third-order valence-corrected chi connectivity index (χ3v) is 2.77. The number of aromatic nitrogens is 2. The van der Waals surface area contributed by atoms with E-state index in [-0.39, 0.29) is 5.69 Å². The van der Waals surface area contributed by atoms with E-state index in [9.17, 15) is 4.79 Å². The Morgan fingerprint density at radius 2 is 2.25 bits per heavy atom. The molecule has 0 aliphatic carbocycles. The number of aromatic carboxylic acids is 1. The van der Waals surface area contributed by atoms with E-state index in [1.165, 1.54) is 6.20 Å². The summed E-state index contributed by atoms with van der Waals surface area (Å²) in [5, 5.41) is 8.89. The number of hydrogen-bond acceptors (Lipinski definition) is 4. The molecule has 2 heterocycles. The van der Waals surface area contributed by atoms with Crippen molar-refractivity contribution in [1.29, 1.82) is 0 Å². The van der Waals surface area contributed by atoms with Crippen LogP contribution < -0.4 is 0 Å². The molecule has 0 bridgehead atoms. The molecule has 1 aromatic heterocycles. The molecule has 0 saturated carbocycles. The summed E-state index contributed by atoms with van der Waals surface area (Å²) in [6.45, 7) is 3.88. The monoisotopic (exact) mass is 225 g/mol. The van der Waals surface area contributed by atoms with Gasteiger partial charge in [0.2, 0.25) is 0 Å². The fourth-order valence-corrected chi connectivity index (χ4v) is 1.75. The fourth-order valence-electron chi connectivity index (χ4n) is 1.75. The van der Waals surface area contributed by atoms with Crippen molar-refractivity contribution in [3.8, 4) is 0 Å². The summed E-state index contributed by atoms with van der Waals surface area (Å²) in [6.07, 6.45) is 1.40. The first-order chi connectivity index (χ1) is 7.68. The van der Waals surface area contributed by atoms with Gasteiger partial charge in [0, 0.05) is 20.1 Å². The third kappa shape index (κ3) is 2.23. The molecule has 0 amide bonds. The Hall–Kier alpha value is -1.40. The second kappa shape index (κ2) is 4.63. The van der Waals surface area contributed by atoms with Gasteiger partial charge in [0.25, 0.3) is 0 Å². The average molecular weight is 225 g/mol. The average Bonchev–Trinajstić information content (AvgIpc) is 2.62. The zero-order chi connectivity index (χ0) is 11.5. The molecule has 1 fully saturated rings. The summed E-state index contributed by atoms with van der Waals surface area (Å²) in [5.74, 6) is -0.164. The first-order valence-electron chi connectivity index (χ1n) is 5.22. The van der Waals surface area contributed by atoms with E-state index >= 15 is 0 Å². The zero-order valence-electron chi connectivity index (χ0n) is 9.22. The Morgan fingerprint density at radius 3 is 2.81 bits per heavy atom. The van der Waals surface area contributed by atoms with Gasteiger partial charge < -0.3 is 14.4 Å². The molecule has 1 N–H and O–H groups in total. The second-order valence-corrected chi connectivity index (χ2v) is 3.81. The molecule has 0 radical (unpaired) electrons. The van der Waals surface area contributed by atoms with Gasteiger partial charge in [0.15, 0.2) is 0 Å². The molecule has 0 atom stereocenters. The van der Waals surface area contributed by atoms with Gasteiger partial charge in [-0.1, -0.05) is 0 Å². The first-order valence-corrected chi connectivity index (χ1v) is 5.22. The SMILES string of the molecule is Cn1c(C(=O)O)cnc1CN1CCOCC1. The van der Waals surface area contributed by atoms with Gasteiger partial charge in [-0.15, -0.1) is 0 Å². The van der Waals surface area contributed by atoms with Crippen LogP contribution >= 0.6 is 0 Å². The molecular formula is C10H15N3O3. The van der Waals surface area contributed by atoms with Gasteiger partial charge in [-0.05, 0) is 0 Å². The number of nitrogens with zero attached hydrogens (tertiary/aromatic N) is 3. The predicted octanol–water partition coefficient (Wildman–Crippen LogP) is -0.0495. The van der Waals surface area contributed by atoms with E-state index in [1.807, 2.05) is 0 Å². The van der Waals surface area contributed by atoms with E-state index in [2.05, 4.69) is 9.88 Å². The predicted molar refractivity (Wildman–Crippen MR) is 56.3 cm³/mol. The number of carbonyl (C=O) groups is 1. The molecule has 0 aromatic carbocycles. The smallest absolute Gasteiger partial charge is 0.354 e. The lowest BCUT2D eigenvalue weighted by molar-refractivity contribution is 0.0326. The van der Waals surface area contributed by atoms with Crippen molar-refractivity contribution >= 4 is 5.97 Å². The van der Waals surface area contributed by atoms with Crippen molar-refractivity contribution in [2.75, 3.05) is 26.3 Å². The Balaban J connectivity index is 2.06. The number of rotatable bonds is 3. The van der Waals surface area contributed by atoms with Crippen LogP contribution in [-0.4, -0.2) is 51.8 Å².